The Balaban J connectivity index is 2.40. The topological polar surface area (TPSA) is 61.5 Å². The zero-order valence-electron chi connectivity index (χ0n) is 11.9. The maximum absolute atomic E-state index is 12.6. The van der Waals surface area contributed by atoms with E-state index in [9.17, 15) is 4.79 Å². The van der Waals surface area contributed by atoms with Crippen molar-refractivity contribution in [2.24, 2.45) is 0 Å². The van der Waals surface area contributed by atoms with E-state index in [-0.39, 0.29) is 5.78 Å². The summed E-state index contributed by atoms with van der Waals surface area (Å²) in [5, 5.41) is 0. The van der Waals surface area contributed by atoms with Gasteiger partial charge in [0, 0.05) is 11.3 Å². The van der Waals surface area contributed by atoms with E-state index >= 15 is 0 Å². The lowest BCUT2D eigenvalue weighted by Crippen LogP contribution is -2.05. The lowest BCUT2D eigenvalue weighted by molar-refractivity contribution is 0.103. The lowest BCUT2D eigenvalue weighted by atomic mass is 10.0. The lowest BCUT2D eigenvalue weighted by Gasteiger charge is -2.10. The number of hydrogen-bond acceptors (Lipinski definition) is 4. The summed E-state index contributed by atoms with van der Waals surface area (Å²) in [6.07, 6.45) is 0. The highest BCUT2D eigenvalue weighted by molar-refractivity contribution is 9.10. The maximum atomic E-state index is 12.6. The molecule has 2 aromatic carbocycles. The summed E-state index contributed by atoms with van der Waals surface area (Å²) < 4.78 is 11.4. The van der Waals surface area contributed by atoms with E-state index < -0.39 is 0 Å². The summed E-state index contributed by atoms with van der Waals surface area (Å²) >= 11 is 3.41. The normalized spacial score (nSPS) is 10.2. The molecule has 0 aromatic heterocycles. The fourth-order valence-electron chi connectivity index (χ4n) is 1.97. The molecule has 0 aliphatic rings. The first kappa shape index (κ1) is 15.4. The molecule has 0 heterocycles. The summed E-state index contributed by atoms with van der Waals surface area (Å²) in [5.74, 6) is 1.05. The third-order valence-electron chi connectivity index (χ3n) is 2.96. The summed E-state index contributed by atoms with van der Waals surface area (Å²) in [6.45, 7) is 2.47. The van der Waals surface area contributed by atoms with Crippen LogP contribution >= 0.6 is 15.9 Å². The molecular weight excluding hydrogens is 334 g/mol. The number of anilines is 1. The number of nitrogen functional groups attached to an aromatic ring is 1. The van der Waals surface area contributed by atoms with Crippen LogP contribution in [0.15, 0.2) is 40.9 Å². The smallest absolute Gasteiger partial charge is 0.196 e. The molecule has 2 aromatic rings. The van der Waals surface area contributed by atoms with E-state index in [0.29, 0.717) is 34.9 Å². The van der Waals surface area contributed by atoms with Crippen LogP contribution in [0.2, 0.25) is 0 Å². The molecule has 0 bridgehead atoms. The second-order valence-electron chi connectivity index (χ2n) is 4.37. The van der Waals surface area contributed by atoms with E-state index in [1.807, 2.05) is 6.92 Å². The third kappa shape index (κ3) is 3.36. The average molecular weight is 350 g/mol. The van der Waals surface area contributed by atoms with Crippen LogP contribution in [0, 0.1) is 0 Å². The Bertz CT molecular complexity index is 671. The van der Waals surface area contributed by atoms with Gasteiger partial charge in [-0.1, -0.05) is 0 Å². The van der Waals surface area contributed by atoms with Crippen LogP contribution in [-0.2, 0) is 0 Å². The fraction of sp³-hybridized carbons (Fsp3) is 0.188. The van der Waals surface area contributed by atoms with Gasteiger partial charge in [-0.2, -0.15) is 0 Å². The van der Waals surface area contributed by atoms with Crippen LogP contribution in [0.4, 0.5) is 5.69 Å². The molecule has 0 fully saturated rings. The van der Waals surface area contributed by atoms with Crippen molar-refractivity contribution < 1.29 is 14.3 Å². The van der Waals surface area contributed by atoms with Crippen LogP contribution in [0.5, 0.6) is 11.5 Å². The Morgan fingerprint density at radius 3 is 2.52 bits per heavy atom. The van der Waals surface area contributed by atoms with Gasteiger partial charge in [-0.25, -0.2) is 0 Å². The zero-order chi connectivity index (χ0) is 15.4. The monoisotopic (exact) mass is 349 g/mol. The van der Waals surface area contributed by atoms with Crippen LogP contribution < -0.4 is 15.2 Å². The minimum absolute atomic E-state index is 0.150. The van der Waals surface area contributed by atoms with Gasteiger partial charge in [0.25, 0.3) is 0 Å². The summed E-state index contributed by atoms with van der Waals surface area (Å²) in [7, 11) is 1.52. The number of hydrogen-bond donors (Lipinski definition) is 1. The standard InChI is InChI=1S/C16H16BrNO3/c1-3-21-15-6-4-10(8-13(15)17)16(19)12-9-11(18)5-7-14(12)20-2/h4-9H,3,18H2,1-2H3. The maximum Gasteiger partial charge on any atom is 0.196 e. The van der Waals surface area contributed by atoms with Crippen molar-refractivity contribution in [2.45, 2.75) is 6.92 Å². The van der Waals surface area contributed by atoms with Gasteiger partial charge in [-0.05, 0) is 59.3 Å². The van der Waals surface area contributed by atoms with Gasteiger partial charge in [0.2, 0.25) is 0 Å². The second kappa shape index (κ2) is 6.63. The predicted octanol–water partition coefficient (Wildman–Crippen LogP) is 3.67. The molecule has 2 rings (SSSR count). The van der Waals surface area contributed by atoms with Crippen LogP contribution in [0.3, 0.4) is 0 Å². The van der Waals surface area contributed by atoms with Crippen molar-refractivity contribution in [3.8, 4) is 11.5 Å². The van der Waals surface area contributed by atoms with E-state index in [4.69, 9.17) is 15.2 Å². The summed E-state index contributed by atoms with van der Waals surface area (Å²) in [5.41, 5.74) is 7.25. The minimum Gasteiger partial charge on any atom is -0.496 e. The highest BCUT2D eigenvalue weighted by Crippen LogP contribution is 2.29. The van der Waals surface area contributed by atoms with Gasteiger partial charge >= 0.3 is 0 Å². The van der Waals surface area contributed by atoms with E-state index in [0.717, 1.165) is 4.47 Å². The van der Waals surface area contributed by atoms with Crippen molar-refractivity contribution in [1.82, 2.24) is 0 Å². The first-order chi connectivity index (χ1) is 10.1. The van der Waals surface area contributed by atoms with Crippen molar-refractivity contribution in [3.63, 3.8) is 0 Å². The molecule has 0 aliphatic carbocycles. The first-order valence-electron chi connectivity index (χ1n) is 6.47. The highest BCUT2D eigenvalue weighted by Gasteiger charge is 2.16. The molecule has 5 heteroatoms. The molecule has 0 aliphatic heterocycles. The molecule has 0 saturated heterocycles. The first-order valence-corrected chi connectivity index (χ1v) is 7.26. The quantitative estimate of drug-likeness (QED) is 0.660. The second-order valence-corrected chi connectivity index (χ2v) is 5.22. The van der Waals surface area contributed by atoms with Crippen LogP contribution in [-0.4, -0.2) is 19.5 Å². The van der Waals surface area contributed by atoms with Crippen LogP contribution in [0.25, 0.3) is 0 Å². The number of halogens is 1. The molecule has 4 nitrogen and oxygen atoms in total. The molecular formula is C16H16BrNO3. The third-order valence-corrected chi connectivity index (χ3v) is 3.58. The van der Waals surface area contributed by atoms with Crippen molar-refractivity contribution in [1.29, 1.82) is 0 Å². The van der Waals surface area contributed by atoms with Gasteiger partial charge in [0.05, 0.1) is 23.8 Å². The molecule has 0 atom stereocenters. The predicted molar refractivity (Wildman–Crippen MR) is 86.1 cm³/mol. The number of ether oxygens (including phenoxy) is 2. The molecule has 0 unspecified atom stereocenters. The number of benzene rings is 2. The van der Waals surface area contributed by atoms with Gasteiger partial charge < -0.3 is 15.2 Å². The largest absolute Gasteiger partial charge is 0.496 e. The van der Waals surface area contributed by atoms with Gasteiger partial charge in [-0.3, -0.25) is 4.79 Å². The minimum atomic E-state index is -0.150. The number of nitrogens with two attached hydrogens (primary N) is 1. The Morgan fingerprint density at radius 2 is 1.90 bits per heavy atom. The molecule has 110 valence electrons. The molecule has 2 N–H and O–H groups in total. The van der Waals surface area contributed by atoms with Crippen LogP contribution in [0.1, 0.15) is 22.8 Å². The molecule has 0 saturated carbocycles. The van der Waals surface area contributed by atoms with E-state index in [2.05, 4.69) is 15.9 Å². The zero-order valence-corrected chi connectivity index (χ0v) is 13.4. The van der Waals surface area contributed by atoms with Gasteiger partial charge in [0.1, 0.15) is 11.5 Å². The van der Waals surface area contributed by atoms with Gasteiger partial charge in [-0.15, -0.1) is 0 Å². The fourth-order valence-corrected chi connectivity index (χ4v) is 2.47. The number of carbonyl (C=O) groups is 1. The Labute approximate surface area is 132 Å². The summed E-state index contributed by atoms with van der Waals surface area (Å²) in [6, 6.07) is 10.2. The highest BCUT2D eigenvalue weighted by atomic mass is 79.9. The van der Waals surface area contributed by atoms with E-state index in [1.165, 1.54) is 7.11 Å². The number of carbonyl (C=O) groups excluding carboxylic acids is 1. The Morgan fingerprint density at radius 1 is 1.19 bits per heavy atom. The number of ketones is 1. The van der Waals surface area contributed by atoms with Crippen molar-refractivity contribution in [2.75, 3.05) is 19.5 Å². The summed E-state index contributed by atoms with van der Waals surface area (Å²) in [4.78, 5) is 12.6. The molecule has 0 radical (unpaired) electrons. The van der Waals surface area contributed by atoms with Crippen molar-refractivity contribution in [3.05, 3.63) is 52.0 Å². The van der Waals surface area contributed by atoms with Gasteiger partial charge in [0.15, 0.2) is 5.78 Å². The van der Waals surface area contributed by atoms with Crippen molar-refractivity contribution >= 4 is 27.4 Å². The van der Waals surface area contributed by atoms with E-state index in [1.54, 1.807) is 36.4 Å². The Hall–Kier alpha value is -2.01. The Kier molecular flexibility index (Phi) is 4.85. The molecule has 0 amide bonds. The molecule has 0 spiro atoms. The molecule has 21 heavy (non-hydrogen) atoms. The average Bonchev–Trinajstić information content (AvgIpc) is 2.48. The number of rotatable bonds is 5. The number of methoxy groups -OCH3 is 1. The SMILES string of the molecule is CCOc1ccc(C(=O)c2cc(N)ccc2OC)cc1Br.